The predicted octanol–water partition coefficient (Wildman–Crippen LogP) is 3.95. The molecular formula is C16H15ClN4OS2. The Morgan fingerprint density at radius 3 is 2.96 bits per heavy atom. The molecule has 0 aliphatic rings. The molecule has 0 atom stereocenters. The second kappa shape index (κ2) is 7.29. The van der Waals surface area contributed by atoms with Gasteiger partial charge in [0.25, 0.3) is 0 Å². The number of nitrogens with zero attached hydrogens (tertiary/aromatic N) is 2. The van der Waals surface area contributed by atoms with Crippen LogP contribution >= 0.6 is 35.2 Å². The highest BCUT2D eigenvalue weighted by Crippen LogP contribution is 2.21. The van der Waals surface area contributed by atoms with Crippen LogP contribution in [0.25, 0.3) is 11.4 Å². The van der Waals surface area contributed by atoms with Crippen molar-refractivity contribution in [2.45, 2.75) is 20.0 Å². The van der Waals surface area contributed by atoms with E-state index in [2.05, 4.69) is 15.5 Å². The minimum Gasteiger partial charge on any atom is -0.350 e. The highest BCUT2D eigenvalue weighted by atomic mass is 35.5. The molecule has 1 aromatic carbocycles. The highest BCUT2D eigenvalue weighted by Gasteiger charge is 2.12. The first-order chi connectivity index (χ1) is 11.5. The van der Waals surface area contributed by atoms with Crippen molar-refractivity contribution >= 4 is 41.1 Å². The van der Waals surface area contributed by atoms with Crippen molar-refractivity contribution in [3.8, 4) is 11.4 Å². The van der Waals surface area contributed by atoms with Crippen LogP contribution in [0.4, 0.5) is 0 Å². The number of hydrogen-bond acceptors (Lipinski definition) is 4. The van der Waals surface area contributed by atoms with Gasteiger partial charge in [-0.2, -0.15) is 5.10 Å². The molecular weight excluding hydrogens is 364 g/mol. The minimum atomic E-state index is -0.133. The summed E-state index contributed by atoms with van der Waals surface area (Å²) in [6, 6.07) is 11.6. The molecule has 0 spiro atoms. The number of rotatable bonds is 5. The SMILES string of the molecule is Cc1cccc(-c2n[nH]c(=S)n2CC(=O)NCc2ccc(Cl)s2)c1. The molecule has 0 aliphatic carbocycles. The van der Waals surface area contributed by atoms with Gasteiger partial charge >= 0.3 is 0 Å². The zero-order valence-electron chi connectivity index (χ0n) is 12.9. The summed E-state index contributed by atoms with van der Waals surface area (Å²) in [5.74, 6) is 0.518. The van der Waals surface area contributed by atoms with Crippen LogP contribution in [0.1, 0.15) is 10.4 Å². The number of nitrogens with one attached hydrogen (secondary N) is 2. The first-order valence-corrected chi connectivity index (χ1v) is 8.86. The Kier molecular flexibility index (Phi) is 5.13. The fourth-order valence-corrected chi connectivity index (χ4v) is 3.52. The maximum Gasteiger partial charge on any atom is 0.240 e. The largest absolute Gasteiger partial charge is 0.350 e. The van der Waals surface area contributed by atoms with E-state index in [4.69, 9.17) is 23.8 Å². The van der Waals surface area contributed by atoms with E-state index in [0.29, 0.717) is 21.5 Å². The Hall–Kier alpha value is -1.96. The molecule has 124 valence electrons. The predicted molar refractivity (Wildman–Crippen MR) is 98.8 cm³/mol. The Morgan fingerprint density at radius 1 is 1.42 bits per heavy atom. The third-order valence-corrected chi connectivity index (χ3v) is 4.97. The number of benzene rings is 1. The molecule has 0 bridgehead atoms. The van der Waals surface area contributed by atoms with Gasteiger partial charge in [0.2, 0.25) is 5.91 Å². The lowest BCUT2D eigenvalue weighted by Gasteiger charge is -2.08. The number of aryl methyl sites for hydroxylation is 1. The lowest BCUT2D eigenvalue weighted by atomic mass is 10.1. The number of aromatic nitrogens is 3. The number of thiophene rings is 1. The quantitative estimate of drug-likeness (QED) is 0.661. The molecule has 0 radical (unpaired) electrons. The van der Waals surface area contributed by atoms with E-state index in [1.54, 1.807) is 4.57 Å². The first-order valence-electron chi connectivity index (χ1n) is 7.26. The van der Waals surface area contributed by atoms with Gasteiger partial charge in [0.15, 0.2) is 10.6 Å². The molecule has 0 unspecified atom stereocenters. The topological polar surface area (TPSA) is 62.7 Å². The molecule has 2 N–H and O–H groups in total. The molecule has 3 rings (SSSR count). The van der Waals surface area contributed by atoms with Crippen LogP contribution in [-0.2, 0) is 17.9 Å². The van der Waals surface area contributed by atoms with Gasteiger partial charge < -0.3 is 5.32 Å². The van der Waals surface area contributed by atoms with E-state index >= 15 is 0 Å². The fourth-order valence-electron chi connectivity index (χ4n) is 2.30. The van der Waals surface area contributed by atoms with E-state index in [0.717, 1.165) is 16.0 Å². The number of halogens is 1. The van der Waals surface area contributed by atoms with Crippen LogP contribution < -0.4 is 5.32 Å². The summed E-state index contributed by atoms with van der Waals surface area (Å²) in [5.41, 5.74) is 2.03. The third kappa shape index (κ3) is 3.92. The normalized spacial score (nSPS) is 10.8. The Bertz CT molecular complexity index is 928. The number of carbonyl (C=O) groups excluding carboxylic acids is 1. The molecule has 3 aromatic rings. The average molecular weight is 379 g/mol. The summed E-state index contributed by atoms with van der Waals surface area (Å²) in [5, 5.41) is 9.88. The standard InChI is InChI=1S/C16H15ClN4OS2/c1-10-3-2-4-11(7-10)15-19-20-16(23)21(15)9-14(22)18-8-12-5-6-13(17)24-12/h2-7H,8-9H2,1H3,(H,18,22)(H,20,23). The van der Waals surface area contributed by atoms with Crippen LogP contribution in [0, 0.1) is 11.7 Å². The van der Waals surface area contributed by atoms with Crippen LogP contribution in [0.3, 0.4) is 0 Å². The van der Waals surface area contributed by atoms with Crippen LogP contribution in [0.2, 0.25) is 4.34 Å². The molecule has 5 nitrogen and oxygen atoms in total. The summed E-state index contributed by atoms with van der Waals surface area (Å²) in [7, 11) is 0. The monoisotopic (exact) mass is 378 g/mol. The first kappa shape index (κ1) is 16.9. The van der Waals surface area contributed by atoms with Crippen molar-refractivity contribution in [3.05, 3.63) is 55.9 Å². The molecule has 8 heteroatoms. The van der Waals surface area contributed by atoms with E-state index in [-0.39, 0.29) is 12.5 Å². The zero-order chi connectivity index (χ0) is 17.1. The van der Waals surface area contributed by atoms with Gasteiger partial charge in [-0.1, -0.05) is 35.4 Å². The van der Waals surface area contributed by atoms with Gasteiger partial charge in [0.1, 0.15) is 6.54 Å². The lowest BCUT2D eigenvalue weighted by molar-refractivity contribution is -0.121. The minimum absolute atomic E-state index is 0.109. The number of aromatic amines is 1. The maximum atomic E-state index is 12.2. The van der Waals surface area contributed by atoms with E-state index in [1.165, 1.54) is 11.3 Å². The second-order valence-corrected chi connectivity index (χ2v) is 7.48. The van der Waals surface area contributed by atoms with Gasteiger partial charge in [-0.3, -0.25) is 14.5 Å². The third-order valence-electron chi connectivity index (χ3n) is 3.42. The van der Waals surface area contributed by atoms with Gasteiger partial charge in [-0.05, 0) is 37.3 Å². The maximum absolute atomic E-state index is 12.2. The Morgan fingerprint density at radius 2 is 2.25 bits per heavy atom. The summed E-state index contributed by atoms with van der Waals surface area (Å²) >= 11 is 12.6. The van der Waals surface area contributed by atoms with Crippen molar-refractivity contribution in [1.29, 1.82) is 0 Å². The van der Waals surface area contributed by atoms with Gasteiger partial charge in [-0.25, -0.2) is 0 Å². The van der Waals surface area contributed by atoms with Crippen LogP contribution in [0.5, 0.6) is 0 Å². The zero-order valence-corrected chi connectivity index (χ0v) is 15.3. The molecule has 2 heterocycles. The van der Waals surface area contributed by atoms with Crippen molar-refractivity contribution in [3.63, 3.8) is 0 Å². The molecule has 0 saturated heterocycles. The molecule has 0 aliphatic heterocycles. The highest BCUT2D eigenvalue weighted by molar-refractivity contribution is 7.71. The van der Waals surface area contributed by atoms with Crippen LogP contribution in [-0.4, -0.2) is 20.7 Å². The van der Waals surface area contributed by atoms with E-state index < -0.39 is 0 Å². The van der Waals surface area contributed by atoms with Gasteiger partial charge in [0.05, 0.1) is 10.9 Å². The average Bonchev–Trinajstić information content (AvgIpc) is 3.12. The molecule has 24 heavy (non-hydrogen) atoms. The number of hydrogen-bond donors (Lipinski definition) is 2. The lowest BCUT2D eigenvalue weighted by Crippen LogP contribution is -2.27. The van der Waals surface area contributed by atoms with Crippen molar-refractivity contribution < 1.29 is 4.79 Å². The molecule has 0 fully saturated rings. The summed E-state index contributed by atoms with van der Waals surface area (Å²) in [6.45, 7) is 2.56. The van der Waals surface area contributed by atoms with E-state index in [9.17, 15) is 4.79 Å². The number of carbonyl (C=O) groups is 1. The van der Waals surface area contributed by atoms with Crippen LogP contribution in [0.15, 0.2) is 36.4 Å². The smallest absolute Gasteiger partial charge is 0.240 e. The number of amides is 1. The number of H-pyrrole nitrogens is 1. The Balaban J connectivity index is 1.74. The van der Waals surface area contributed by atoms with Crippen molar-refractivity contribution in [2.75, 3.05) is 0 Å². The van der Waals surface area contributed by atoms with E-state index in [1.807, 2.05) is 43.3 Å². The molecule has 1 amide bonds. The van der Waals surface area contributed by atoms with Gasteiger partial charge in [-0.15, -0.1) is 11.3 Å². The summed E-state index contributed by atoms with van der Waals surface area (Å²) in [6.07, 6.45) is 0. The Labute approximate surface area is 153 Å². The van der Waals surface area contributed by atoms with Gasteiger partial charge in [0, 0.05) is 10.4 Å². The van der Waals surface area contributed by atoms with Crippen molar-refractivity contribution in [1.82, 2.24) is 20.1 Å². The fraction of sp³-hybridized carbons (Fsp3) is 0.188. The van der Waals surface area contributed by atoms with Crippen molar-refractivity contribution in [2.24, 2.45) is 0 Å². The summed E-state index contributed by atoms with van der Waals surface area (Å²) < 4.78 is 2.82. The summed E-state index contributed by atoms with van der Waals surface area (Å²) in [4.78, 5) is 13.2. The molecule has 0 saturated carbocycles. The molecule has 2 aromatic heterocycles. The second-order valence-electron chi connectivity index (χ2n) is 5.29.